The second-order valence-corrected chi connectivity index (χ2v) is 4.00. The zero-order valence-electron chi connectivity index (χ0n) is 7.79. The maximum absolute atomic E-state index is 5.26. The average molecular weight is 194 g/mol. The molecule has 0 aliphatic carbocycles. The van der Waals surface area contributed by atoms with Crippen LogP contribution in [0.2, 0.25) is 0 Å². The van der Waals surface area contributed by atoms with Crippen molar-refractivity contribution < 1.29 is 0 Å². The van der Waals surface area contributed by atoms with E-state index in [4.69, 9.17) is 12.2 Å². The van der Waals surface area contributed by atoms with E-state index in [1.165, 1.54) is 24.9 Å². The Balaban J connectivity index is 2.35. The van der Waals surface area contributed by atoms with Crippen molar-refractivity contribution in [2.24, 2.45) is 0 Å². The highest BCUT2D eigenvalue weighted by atomic mass is 32.1. The fraction of sp³-hybridized carbons (Fsp3) is 0.500. The summed E-state index contributed by atoms with van der Waals surface area (Å²) in [5.41, 5.74) is 1.28. The smallest absolute Gasteiger partial charge is 0.108 e. The van der Waals surface area contributed by atoms with E-state index < -0.39 is 0 Å². The van der Waals surface area contributed by atoms with Gasteiger partial charge in [0.15, 0.2) is 0 Å². The summed E-state index contributed by atoms with van der Waals surface area (Å²) in [6.45, 7) is 1.19. The molecule has 1 aromatic rings. The molecule has 2 nitrogen and oxygen atoms in total. The molecule has 0 radical (unpaired) electrons. The molecule has 1 N–H and O–H groups in total. The van der Waals surface area contributed by atoms with Crippen LogP contribution in [0.15, 0.2) is 18.3 Å². The Bertz CT molecular complexity index is 345. The summed E-state index contributed by atoms with van der Waals surface area (Å²) in [6, 6.07) is 4.69. The van der Waals surface area contributed by atoms with Gasteiger partial charge in [-0.15, -0.1) is 0 Å². The Kier molecular flexibility index (Phi) is 2.47. The van der Waals surface area contributed by atoms with Crippen LogP contribution in [0, 0.1) is 4.64 Å². The zero-order valence-corrected chi connectivity index (χ0v) is 8.60. The van der Waals surface area contributed by atoms with E-state index in [-0.39, 0.29) is 0 Å². The highest BCUT2D eigenvalue weighted by Gasteiger charge is 2.23. The third-order valence-corrected chi connectivity index (χ3v) is 3.08. The van der Waals surface area contributed by atoms with Gasteiger partial charge < -0.3 is 4.98 Å². The van der Waals surface area contributed by atoms with Crippen LogP contribution in [0.25, 0.3) is 0 Å². The Morgan fingerprint density at radius 3 is 3.08 bits per heavy atom. The first-order valence-corrected chi connectivity index (χ1v) is 5.07. The summed E-state index contributed by atoms with van der Waals surface area (Å²) < 4.78 is 0.890. The average Bonchev–Trinajstić information content (AvgIpc) is 2.52. The Morgan fingerprint density at radius 1 is 1.62 bits per heavy atom. The number of likely N-dealkylation sites (tertiary alicyclic amines) is 1. The van der Waals surface area contributed by atoms with Crippen LogP contribution in [0.1, 0.15) is 24.4 Å². The van der Waals surface area contributed by atoms with Crippen molar-refractivity contribution in [2.75, 3.05) is 13.6 Å². The van der Waals surface area contributed by atoms with Gasteiger partial charge in [-0.1, -0.05) is 18.3 Å². The highest BCUT2D eigenvalue weighted by molar-refractivity contribution is 7.71. The quantitative estimate of drug-likeness (QED) is 0.693. The lowest BCUT2D eigenvalue weighted by Crippen LogP contribution is -2.17. The van der Waals surface area contributed by atoms with Crippen LogP contribution in [0.4, 0.5) is 0 Å². The van der Waals surface area contributed by atoms with Gasteiger partial charge in [0.25, 0.3) is 0 Å². The summed E-state index contributed by atoms with van der Waals surface area (Å²) in [5.74, 6) is 0. The third-order valence-electron chi connectivity index (χ3n) is 2.73. The molecule has 1 saturated heterocycles. The molecule has 0 bridgehead atoms. The van der Waals surface area contributed by atoms with E-state index >= 15 is 0 Å². The number of aromatic nitrogens is 1. The molecule has 3 heteroatoms. The van der Waals surface area contributed by atoms with Crippen molar-refractivity contribution in [3.63, 3.8) is 0 Å². The lowest BCUT2D eigenvalue weighted by molar-refractivity contribution is 0.316. The molecular weight excluding hydrogens is 180 g/mol. The number of aromatic amines is 1. The first-order chi connectivity index (χ1) is 6.29. The molecule has 0 saturated carbocycles. The SMILES string of the molecule is CN1CCCC1c1ccc[nH]c1=S. The van der Waals surface area contributed by atoms with E-state index in [9.17, 15) is 0 Å². The Morgan fingerprint density at radius 2 is 2.46 bits per heavy atom. The number of pyridine rings is 1. The predicted molar refractivity (Wildman–Crippen MR) is 56.2 cm³/mol. The first kappa shape index (κ1) is 8.91. The summed E-state index contributed by atoms with van der Waals surface area (Å²) in [6.07, 6.45) is 4.41. The van der Waals surface area contributed by atoms with E-state index in [1.807, 2.05) is 12.3 Å². The van der Waals surface area contributed by atoms with E-state index in [2.05, 4.69) is 23.0 Å². The monoisotopic (exact) mass is 194 g/mol. The molecule has 2 rings (SSSR count). The molecule has 0 aromatic carbocycles. The van der Waals surface area contributed by atoms with Crippen LogP contribution in [0.5, 0.6) is 0 Å². The minimum atomic E-state index is 0.532. The van der Waals surface area contributed by atoms with Crippen molar-refractivity contribution in [3.8, 4) is 0 Å². The van der Waals surface area contributed by atoms with Gasteiger partial charge in [-0.2, -0.15) is 0 Å². The van der Waals surface area contributed by atoms with Crippen LogP contribution in [-0.4, -0.2) is 23.5 Å². The third kappa shape index (κ3) is 1.67. The van der Waals surface area contributed by atoms with Gasteiger partial charge in [0.1, 0.15) is 4.64 Å². The number of rotatable bonds is 1. The molecule has 1 aromatic heterocycles. The van der Waals surface area contributed by atoms with Crippen molar-refractivity contribution in [1.82, 2.24) is 9.88 Å². The molecule has 13 heavy (non-hydrogen) atoms. The molecule has 0 spiro atoms. The highest BCUT2D eigenvalue weighted by Crippen LogP contribution is 2.30. The molecule has 1 fully saturated rings. The van der Waals surface area contributed by atoms with Gasteiger partial charge in [0.2, 0.25) is 0 Å². The molecule has 70 valence electrons. The number of nitrogens with zero attached hydrogens (tertiary/aromatic N) is 1. The van der Waals surface area contributed by atoms with Gasteiger partial charge in [0, 0.05) is 17.8 Å². The summed E-state index contributed by atoms with van der Waals surface area (Å²) in [7, 11) is 2.17. The normalized spacial score (nSPS) is 23.6. The van der Waals surface area contributed by atoms with Crippen molar-refractivity contribution in [3.05, 3.63) is 28.5 Å². The lowest BCUT2D eigenvalue weighted by atomic mass is 10.1. The largest absolute Gasteiger partial charge is 0.353 e. The topological polar surface area (TPSA) is 19.0 Å². The summed E-state index contributed by atoms with van der Waals surface area (Å²) in [5, 5.41) is 0. The number of nitrogens with one attached hydrogen (secondary N) is 1. The fourth-order valence-electron chi connectivity index (χ4n) is 2.00. The molecular formula is C10H14N2S. The van der Waals surface area contributed by atoms with E-state index in [0.717, 1.165) is 4.64 Å². The molecule has 0 amide bonds. The molecule has 1 aliphatic heterocycles. The lowest BCUT2D eigenvalue weighted by Gasteiger charge is -2.19. The van der Waals surface area contributed by atoms with Gasteiger partial charge in [-0.25, -0.2) is 0 Å². The molecule has 1 atom stereocenters. The first-order valence-electron chi connectivity index (χ1n) is 4.67. The number of hydrogen-bond donors (Lipinski definition) is 1. The van der Waals surface area contributed by atoms with Gasteiger partial charge in [-0.3, -0.25) is 4.90 Å². The van der Waals surface area contributed by atoms with Gasteiger partial charge in [-0.05, 0) is 32.5 Å². The zero-order chi connectivity index (χ0) is 9.26. The second-order valence-electron chi connectivity index (χ2n) is 3.59. The van der Waals surface area contributed by atoms with Crippen LogP contribution in [-0.2, 0) is 0 Å². The Hall–Kier alpha value is -0.670. The minimum absolute atomic E-state index is 0.532. The molecule has 2 heterocycles. The van der Waals surface area contributed by atoms with Crippen LogP contribution < -0.4 is 0 Å². The fourth-order valence-corrected chi connectivity index (χ4v) is 2.27. The minimum Gasteiger partial charge on any atom is -0.353 e. The van der Waals surface area contributed by atoms with E-state index in [1.54, 1.807) is 0 Å². The van der Waals surface area contributed by atoms with Gasteiger partial charge >= 0.3 is 0 Å². The van der Waals surface area contributed by atoms with E-state index in [0.29, 0.717) is 6.04 Å². The predicted octanol–water partition coefficient (Wildman–Crippen LogP) is 2.51. The molecule has 1 unspecified atom stereocenters. The number of H-pyrrole nitrogens is 1. The standard InChI is InChI=1S/C10H14N2S/c1-12-7-3-5-9(12)8-4-2-6-11-10(8)13/h2,4,6,9H,3,5,7H2,1H3,(H,11,13). The summed E-state index contributed by atoms with van der Waals surface area (Å²) >= 11 is 5.26. The maximum atomic E-state index is 5.26. The maximum Gasteiger partial charge on any atom is 0.108 e. The molecule has 1 aliphatic rings. The van der Waals surface area contributed by atoms with Crippen molar-refractivity contribution >= 4 is 12.2 Å². The second kappa shape index (κ2) is 3.60. The number of hydrogen-bond acceptors (Lipinski definition) is 2. The van der Waals surface area contributed by atoms with Crippen molar-refractivity contribution in [1.29, 1.82) is 0 Å². The Labute approximate surface area is 83.6 Å². The van der Waals surface area contributed by atoms with Gasteiger partial charge in [0.05, 0.1) is 0 Å². The summed E-state index contributed by atoms with van der Waals surface area (Å²) in [4.78, 5) is 5.46. The van der Waals surface area contributed by atoms with Crippen LogP contribution in [0.3, 0.4) is 0 Å². The van der Waals surface area contributed by atoms with Crippen molar-refractivity contribution in [2.45, 2.75) is 18.9 Å². The van der Waals surface area contributed by atoms with Crippen LogP contribution >= 0.6 is 12.2 Å².